The third-order valence-corrected chi connectivity index (χ3v) is 5.50. The number of para-hydroxylation sites is 1. The van der Waals surface area contributed by atoms with Crippen molar-refractivity contribution in [1.29, 1.82) is 0 Å². The van der Waals surface area contributed by atoms with Gasteiger partial charge in [0.15, 0.2) is 5.43 Å². The third-order valence-electron chi connectivity index (χ3n) is 5.24. The molecule has 5 rings (SSSR count). The number of rotatable bonds is 2. The minimum absolute atomic E-state index is 0.0927. The van der Waals surface area contributed by atoms with Crippen LogP contribution in [0.25, 0.3) is 11.0 Å². The van der Waals surface area contributed by atoms with Crippen LogP contribution in [0.2, 0.25) is 5.02 Å². The molecule has 1 aliphatic rings. The lowest BCUT2D eigenvalue weighted by atomic mass is 9.98. The molecule has 0 fully saturated rings. The summed E-state index contributed by atoms with van der Waals surface area (Å²) in [4.78, 5) is 28.4. The molecule has 0 bridgehead atoms. The molecule has 0 radical (unpaired) electrons. The summed E-state index contributed by atoms with van der Waals surface area (Å²) in [6, 6.07) is 21.3. The normalized spacial score (nSPS) is 15.7. The second-order valence-corrected chi connectivity index (χ2v) is 7.57. The Morgan fingerprint density at radius 3 is 2.45 bits per heavy atom. The van der Waals surface area contributed by atoms with Gasteiger partial charge >= 0.3 is 0 Å². The van der Waals surface area contributed by atoms with Crippen molar-refractivity contribution in [1.82, 2.24) is 0 Å². The van der Waals surface area contributed by atoms with E-state index in [2.05, 4.69) is 0 Å². The molecule has 5 heteroatoms. The predicted molar refractivity (Wildman–Crippen MR) is 114 cm³/mol. The maximum Gasteiger partial charge on any atom is 0.295 e. The maximum atomic E-state index is 13.4. The Morgan fingerprint density at radius 2 is 1.69 bits per heavy atom. The molecule has 0 spiro atoms. The summed E-state index contributed by atoms with van der Waals surface area (Å²) in [5, 5.41) is 1.05. The molecular weight excluding hydrogens is 386 g/mol. The highest BCUT2D eigenvalue weighted by molar-refractivity contribution is 6.30. The number of hydrogen-bond donors (Lipinski definition) is 0. The summed E-state index contributed by atoms with van der Waals surface area (Å²) in [6.45, 7) is 1.96. The van der Waals surface area contributed by atoms with Crippen LogP contribution in [-0.4, -0.2) is 5.91 Å². The SMILES string of the molecule is Cc1cccc(N2C(=O)c3oc4ccccc4c(=O)c3C2c2ccc(Cl)cc2)c1. The van der Waals surface area contributed by atoms with Crippen molar-refractivity contribution < 1.29 is 9.21 Å². The quantitative estimate of drug-likeness (QED) is 0.445. The Hall–Kier alpha value is -3.37. The Bertz CT molecular complexity index is 1320. The van der Waals surface area contributed by atoms with Gasteiger partial charge in [-0.25, -0.2) is 0 Å². The lowest BCUT2D eigenvalue weighted by Crippen LogP contribution is -2.29. The van der Waals surface area contributed by atoms with Gasteiger partial charge in [0.05, 0.1) is 17.0 Å². The fourth-order valence-electron chi connectivity index (χ4n) is 3.92. The molecule has 1 aliphatic heterocycles. The summed E-state index contributed by atoms with van der Waals surface area (Å²) in [5.74, 6) is -0.233. The van der Waals surface area contributed by atoms with E-state index in [1.807, 2.05) is 43.3 Å². The molecule has 4 nitrogen and oxygen atoms in total. The van der Waals surface area contributed by atoms with Crippen molar-refractivity contribution >= 4 is 34.2 Å². The Kier molecular flexibility index (Phi) is 4.03. The smallest absolute Gasteiger partial charge is 0.295 e. The standard InChI is InChI=1S/C24H16ClNO3/c1-14-5-4-6-17(13-14)26-21(15-9-11-16(25)12-10-15)20-22(27)18-7-2-3-8-19(18)29-23(20)24(26)28/h2-13,21H,1H3. The minimum Gasteiger partial charge on any atom is -0.450 e. The number of hydrogen-bond acceptors (Lipinski definition) is 3. The topological polar surface area (TPSA) is 50.5 Å². The number of benzene rings is 3. The number of fused-ring (bicyclic) bond motifs is 2. The van der Waals surface area contributed by atoms with Gasteiger partial charge in [0, 0.05) is 10.7 Å². The zero-order valence-electron chi connectivity index (χ0n) is 15.6. The van der Waals surface area contributed by atoms with Crippen LogP contribution in [0.15, 0.2) is 82.0 Å². The van der Waals surface area contributed by atoms with Gasteiger partial charge in [0.2, 0.25) is 5.76 Å². The molecule has 0 N–H and O–H groups in total. The predicted octanol–water partition coefficient (Wildman–Crippen LogP) is 5.50. The Balaban J connectivity index is 1.82. The highest BCUT2D eigenvalue weighted by Crippen LogP contribution is 2.41. The minimum atomic E-state index is -0.586. The lowest BCUT2D eigenvalue weighted by Gasteiger charge is -2.25. The van der Waals surface area contributed by atoms with E-state index in [1.165, 1.54) is 0 Å². The summed E-state index contributed by atoms with van der Waals surface area (Å²) >= 11 is 6.07. The van der Waals surface area contributed by atoms with Crippen LogP contribution >= 0.6 is 11.6 Å². The summed E-state index contributed by atoms with van der Waals surface area (Å²) in [6.07, 6.45) is 0. The first-order chi connectivity index (χ1) is 14.0. The number of amides is 1. The Labute approximate surface area is 172 Å². The van der Waals surface area contributed by atoms with Gasteiger partial charge in [-0.1, -0.05) is 48.0 Å². The molecule has 1 aromatic heterocycles. The second kappa shape index (κ2) is 6.61. The Morgan fingerprint density at radius 1 is 0.931 bits per heavy atom. The number of nitrogens with zero attached hydrogens (tertiary/aromatic N) is 1. The number of carbonyl (C=O) groups excluding carboxylic acids is 1. The van der Waals surface area contributed by atoms with Crippen LogP contribution in [-0.2, 0) is 0 Å². The molecule has 0 saturated heterocycles. The van der Waals surface area contributed by atoms with Crippen LogP contribution < -0.4 is 10.3 Å². The number of carbonyl (C=O) groups is 1. The molecule has 1 atom stereocenters. The van der Waals surface area contributed by atoms with Crippen molar-refractivity contribution in [2.75, 3.05) is 4.90 Å². The van der Waals surface area contributed by atoms with E-state index in [4.69, 9.17) is 16.0 Å². The molecule has 29 heavy (non-hydrogen) atoms. The first-order valence-electron chi connectivity index (χ1n) is 9.26. The molecule has 0 saturated carbocycles. The van der Waals surface area contributed by atoms with Crippen LogP contribution in [0.1, 0.15) is 33.3 Å². The number of anilines is 1. The van der Waals surface area contributed by atoms with Gasteiger partial charge in [-0.05, 0) is 54.4 Å². The molecular formula is C24H16ClNO3. The van der Waals surface area contributed by atoms with Gasteiger partial charge in [0.1, 0.15) is 5.58 Å². The average molecular weight is 402 g/mol. The molecule has 1 unspecified atom stereocenters. The van der Waals surface area contributed by atoms with E-state index in [0.717, 1.165) is 11.1 Å². The molecule has 142 valence electrons. The maximum absolute atomic E-state index is 13.4. The van der Waals surface area contributed by atoms with Crippen molar-refractivity contribution in [2.24, 2.45) is 0 Å². The van der Waals surface area contributed by atoms with Crippen molar-refractivity contribution in [3.8, 4) is 0 Å². The summed E-state index contributed by atoms with van der Waals surface area (Å²) in [7, 11) is 0. The summed E-state index contributed by atoms with van der Waals surface area (Å²) < 4.78 is 5.94. The van der Waals surface area contributed by atoms with E-state index in [1.54, 1.807) is 41.3 Å². The first kappa shape index (κ1) is 17.7. The van der Waals surface area contributed by atoms with E-state index >= 15 is 0 Å². The second-order valence-electron chi connectivity index (χ2n) is 7.14. The number of halogens is 1. The van der Waals surface area contributed by atoms with Crippen LogP contribution in [0.3, 0.4) is 0 Å². The van der Waals surface area contributed by atoms with Gasteiger partial charge in [-0.2, -0.15) is 0 Å². The van der Waals surface area contributed by atoms with Crippen molar-refractivity contribution in [3.63, 3.8) is 0 Å². The largest absolute Gasteiger partial charge is 0.450 e. The zero-order valence-corrected chi connectivity index (χ0v) is 16.3. The van der Waals surface area contributed by atoms with Crippen LogP contribution in [0, 0.1) is 6.92 Å². The van der Waals surface area contributed by atoms with E-state index < -0.39 is 6.04 Å². The van der Waals surface area contributed by atoms with Crippen molar-refractivity contribution in [2.45, 2.75) is 13.0 Å². The monoisotopic (exact) mass is 401 g/mol. The third kappa shape index (κ3) is 2.76. The highest BCUT2D eigenvalue weighted by Gasteiger charge is 2.43. The molecule has 1 amide bonds. The van der Waals surface area contributed by atoms with Gasteiger partial charge in [-0.15, -0.1) is 0 Å². The fourth-order valence-corrected chi connectivity index (χ4v) is 4.05. The molecule has 2 heterocycles. The fraction of sp³-hybridized carbons (Fsp3) is 0.0833. The van der Waals surface area contributed by atoms with E-state index in [9.17, 15) is 9.59 Å². The van der Waals surface area contributed by atoms with Crippen LogP contribution in [0.5, 0.6) is 0 Å². The van der Waals surface area contributed by atoms with Gasteiger partial charge < -0.3 is 4.42 Å². The number of aryl methyl sites for hydroxylation is 1. The molecule has 3 aromatic carbocycles. The average Bonchev–Trinajstić information content (AvgIpc) is 3.02. The first-order valence-corrected chi connectivity index (χ1v) is 9.64. The molecule has 0 aliphatic carbocycles. The highest BCUT2D eigenvalue weighted by atomic mass is 35.5. The summed E-state index contributed by atoms with van der Waals surface area (Å²) in [5.41, 5.74) is 3.11. The van der Waals surface area contributed by atoms with Gasteiger partial charge in [-0.3, -0.25) is 14.5 Å². The van der Waals surface area contributed by atoms with Crippen LogP contribution in [0.4, 0.5) is 5.69 Å². The lowest BCUT2D eigenvalue weighted by molar-refractivity contribution is 0.0971. The zero-order chi connectivity index (χ0) is 20.1. The van der Waals surface area contributed by atoms with Gasteiger partial charge in [0.25, 0.3) is 5.91 Å². The van der Waals surface area contributed by atoms with Crippen molar-refractivity contribution in [3.05, 3.63) is 110 Å². The van der Waals surface area contributed by atoms with E-state index in [-0.39, 0.29) is 17.1 Å². The van der Waals surface area contributed by atoms with E-state index in [0.29, 0.717) is 27.2 Å². The molecule has 4 aromatic rings.